The molecule has 0 unspecified atom stereocenters. The van der Waals surface area contributed by atoms with Crippen LogP contribution in [0.3, 0.4) is 0 Å². The highest BCUT2D eigenvalue weighted by Gasteiger charge is 2.43. The summed E-state index contributed by atoms with van der Waals surface area (Å²) < 4.78 is 31.0. The predicted molar refractivity (Wildman–Crippen MR) is 98.0 cm³/mol. The Balaban J connectivity index is 1.59. The van der Waals surface area contributed by atoms with Gasteiger partial charge in [0, 0.05) is 5.92 Å². The molecule has 3 aromatic carbocycles. The molecule has 4 rings (SSSR count). The molecule has 1 fully saturated rings. The number of hydrogen-bond donors (Lipinski definition) is 0. The molecule has 2 atom stereocenters. The van der Waals surface area contributed by atoms with Gasteiger partial charge in [0.25, 0.3) is 0 Å². The van der Waals surface area contributed by atoms with Crippen LogP contribution in [0.25, 0.3) is 11.1 Å². The molecule has 1 aliphatic heterocycles. The largest absolute Gasteiger partial charge is 0.360 e. The van der Waals surface area contributed by atoms with Gasteiger partial charge in [0.1, 0.15) is 0 Å². The van der Waals surface area contributed by atoms with Gasteiger partial charge in [-0.1, -0.05) is 72.8 Å². The van der Waals surface area contributed by atoms with Crippen LogP contribution < -0.4 is 0 Å². The van der Waals surface area contributed by atoms with E-state index in [1.807, 2.05) is 42.5 Å². The first-order valence-electron chi connectivity index (χ1n) is 8.22. The fourth-order valence-electron chi connectivity index (χ4n) is 3.13. The summed E-state index contributed by atoms with van der Waals surface area (Å²) in [4.78, 5) is 0.311. The highest BCUT2D eigenvalue weighted by atomic mass is 32.2. The van der Waals surface area contributed by atoms with Crippen LogP contribution in [0.5, 0.6) is 0 Å². The molecule has 0 spiro atoms. The third-order valence-corrected chi connectivity index (χ3v) is 6.60. The van der Waals surface area contributed by atoms with Crippen molar-refractivity contribution in [2.45, 2.75) is 16.2 Å². The van der Waals surface area contributed by atoms with Crippen LogP contribution in [0.4, 0.5) is 0 Å². The first-order chi connectivity index (χ1) is 12.2. The third-order valence-electron chi connectivity index (χ3n) is 4.59. The fraction of sp³-hybridized carbons (Fsp3) is 0.143. The summed E-state index contributed by atoms with van der Waals surface area (Å²) in [5.41, 5.74) is 2.45. The van der Waals surface area contributed by atoms with Crippen molar-refractivity contribution in [1.29, 1.82) is 0 Å². The maximum Gasteiger partial charge on any atom is 0.205 e. The van der Waals surface area contributed by atoms with E-state index in [9.17, 15) is 8.42 Å². The van der Waals surface area contributed by atoms with Crippen molar-refractivity contribution in [1.82, 2.24) is 0 Å². The van der Waals surface area contributed by atoms with E-state index < -0.39 is 15.3 Å². The molecule has 0 aliphatic carbocycles. The van der Waals surface area contributed by atoms with E-state index in [0.717, 1.165) is 16.7 Å². The molecule has 3 aromatic rings. The van der Waals surface area contributed by atoms with E-state index in [-0.39, 0.29) is 5.92 Å². The molecule has 0 N–H and O–H groups in total. The number of rotatable bonds is 4. The Morgan fingerprint density at radius 3 is 1.84 bits per heavy atom. The Hall–Kier alpha value is -2.43. The molecular formula is C21H18O3S. The second-order valence-electron chi connectivity index (χ2n) is 6.15. The van der Waals surface area contributed by atoms with E-state index in [4.69, 9.17) is 4.74 Å². The Kier molecular flexibility index (Phi) is 4.15. The molecule has 0 bridgehead atoms. The molecule has 25 heavy (non-hydrogen) atoms. The average Bonchev–Trinajstić information content (AvgIpc) is 2.63. The quantitative estimate of drug-likeness (QED) is 0.706. The summed E-state index contributed by atoms with van der Waals surface area (Å²) in [6, 6.07) is 26.7. The lowest BCUT2D eigenvalue weighted by Crippen LogP contribution is -2.43. The molecule has 0 saturated carbocycles. The minimum Gasteiger partial charge on any atom is -0.360 e. The first-order valence-corrected chi connectivity index (χ1v) is 9.77. The van der Waals surface area contributed by atoms with Gasteiger partial charge in [-0.2, -0.15) is 0 Å². The second-order valence-corrected chi connectivity index (χ2v) is 8.18. The number of benzene rings is 3. The smallest absolute Gasteiger partial charge is 0.205 e. The maximum absolute atomic E-state index is 12.8. The van der Waals surface area contributed by atoms with Crippen molar-refractivity contribution < 1.29 is 13.2 Å². The Morgan fingerprint density at radius 2 is 1.28 bits per heavy atom. The van der Waals surface area contributed by atoms with Gasteiger partial charge in [-0.25, -0.2) is 8.42 Å². The first kappa shape index (κ1) is 16.1. The zero-order chi connectivity index (χ0) is 17.3. The van der Waals surface area contributed by atoms with Gasteiger partial charge in [0.15, 0.2) is 5.44 Å². The molecule has 3 nitrogen and oxygen atoms in total. The normalized spacial score (nSPS) is 20.0. The van der Waals surface area contributed by atoms with Gasteiger partial charge in [0.05, 0.1) is 11.5 Å². The van der Waals surface area contributed by atoms with Crippen molar-refractivity contribution in [2.24, 2.45) is 0 Å². The predicted octanol–water partition coefficient (Wildman–Crippen LogP) is 4.27. The fourth-order valence-corrected chi connectivity index (χ4v) is 4.86. The summed E-state index contributed by atoms with van der Waals surface area (Å²) >= 11 is 0. The zero-order valence-corrected chi connectivity index (χ0v) is 14.4. The van der Waals surface area contributed by atoms with Crippen molar-refractivity contribution in [3.8, 4) is 11.1 Å². The van der Waals surface area contributed by atoms with Crippen molar-refractivity contribution in [2.75, 3.05) is 6.61 Å². The van der Waals surface area contributed by atoms with Gasteiger partial charge in [-0.15, -0.1) is 0 Å². The molecule has 4 heteroatoms. The van der Waals surface area contributed by atoms with Gasteiger partial charge in [-0.05, 0) is 28.8 Å². The highest BCUT2D eigenvalue weighted by Crippen LogP contribution is 2.38. The number of ether oxygens (including phenoxy) is 1. The molecule has 0 aromatic heterocycles. The van der Waals surface area contributed by atoms with Crippen LogP contribution in [0, 0.1) is 0 Å². The molecule has 1 heterocycles. The summed E-state index contributed by atoms with van der Waals surface area (Å²) in [5.74, 6) is -0.130. The van der Waals surface area contributed by atoms with Gasteiger partial charge < -0.3 is 4.74 Å². The Morgan fingerprint density at radius 1 is 0.720 bits per heavy atom. The van der Waals surface area contributed by atoms with Crippen molar-refractivity contribution in [3.63, 3.8) is 0 Å². The lowest BCUT2D eigenvalue weighted by Gasteiger charge is -2.36. The van der Waals surface area contributed by atoms with Gasteiger partial charge >= 0.3 is 0 Å². The standard InChI is InChI=1S/C21H18O3S/c22-25(23,19-9-5-2-6-10-19)21-20(15-24-21)18-13-11-17(12-14-18)16-7-3-1-4-8-16/h1-14,20-21H,15H2/t20-,21+/m0/s1. The van der Waals surface area contributed by atoms with E-state index in [2.05, 4.69) is 12.1 Å². The van der Waals surface area contributed by atoms with Crippen LogP contribution >= 0.6 is 0 Å². The average molecular weight is 350 g/mol. The summed E-state index contributed by atoms with van der Waals surface area (Å²) in [6.07, 6.45) is 0. The highest BCUT2D eigenvalue weighted by molar-refractivity contribution is 7.92. The lowest BCUT2D eigenvalue weighted by atomic mass is 9.95. The van der Waals surface area contributed by atoms with Gasteiger partial charge in [0.2, 0.25) is 9.84 Å². The van der Waals surface area contributed by atoms with Crippen LogP contribution in [-0.4, -0.2) is 20.5 Å². The summed E-state index contributed by atoms with van der Waals surface area (Å²) in [7, 11) is -3.48. The van der Waals surface area contributed by atoms with Crippen LogP contribution in [0.15, 0.2) is 89.8 Å². The van der Waals surface area contributed by atoms with E-state index in [0.29, 0.717) is 11.5 Å². The molecular weight excluding hydrogens is 332 g/mol. The summed E-state index contributed by atoms with van der Waals surface area (Å²) in [6.45, 7) is 0.432. The Labute approximate surface area is 147 Å². The summed E-state index contributed by atoms with van der Waals surface area (Å²) in [5, 5.41) is 0. The SMILES string of the molecule is O=S(=O)(c1ccccc1)[C@H]1OC[C@H]1c1ccc(-c2ccccc2)cc1. The van der Waals surface area contributed by atoms with E-state index in [1.165, 1.54) is 0 Å². The minimum atomic E-state index is -3.48. The zero-order valence-electron chi connectivity index (χ0n) is 13.6. The molecule has 1 saturated heterocycles. The third kappa shape index (κ3) is 2.99. The maximum atomic E-state index is 12.8. The molecule has 0 amide bonds. The molecule has 126 valence electrons. The van der Waals surface area contributed by atoms with Crippen molar-refractivity contribution >= 4 is 9.84 Å². The van der Waals surface area contributed by atoms with Crippen molar-refractivity contribution in [3.05, 3.63) is 90.5 Å². The number of sulfone groups is 1. The topological polar surface area (TPSA) is 43.4 Å². The van der Waals surface area contributed by atoms with Gasteiger partial charge in [-0.3, -0.25) is 0 Å². The van der Waals surface area contributed by atoms with Crippen LogP contribution in [-0.2, 0) is 14.6 Å². The number of hydrogen-bond acceptors (Lipinski definition) is 3. The molecule has 1 aliphatic rings. The minimum absolute atomic E-state index is 0.130. The van der Waals surface area contributed by atoms with Crippen LogP contribution in [0.2, 0.25) is 0 Å². The van der Waals surface area contributed by atoms with E-state index in [1.54, 1.807) is 30.3 Å². The van der Waals surface area contributed by atoms with E-state index >= 15 is 0 Å². The Bertz CT molecular complexity index is 949. The lowest BCUT2D eigenvalue weighted by molar-refractivity contribution is -0.0244. The molecule has 0 radical (unpaired) electrons. The monoisotopic (exact) mass is 350 g/mol. The second kappa shape index (κ2) is 6.47. The van der Waals surface area contributed by atoms with Crippen LogP contribution in [0.1, 0.15) is 11.5 Å².